The summed E-state index contributed by atoms with van der Waals surface area (Å²) in [6.07, 6.45) is 4.02. The van der Waals surface area contributed by atoms with Crippen LogP contribution in [0.1, 0.15) is 11.3 Å². The van der Waals surface area contributed by atoms with Crippen molar-refractivity contribution in [1.82, 2.24) is 15.6 Å². The number of hydrogen-bond donors (Lipinski definition) is 3. The number of halogens is 1. The molecule has 3 N–H and O–H groups in total. The molecular formula is C16H16FN3O2. The lowest BCUT2D eigenvalue weighted by Gasteiger charge is -2.06. The van der Waals surface area contributed by atoms with Gasteiger partial charge in [-0.05, 0) is 42.3 Å². The molecule has 22 heavy (non-hydrogen) atoms. The van der Waals surface area contributed by atoms with Gasteiger partial charge in [-0.15, -0.1) is 0 Å². The molecule has 0 aliphatic rings. The van der Waals surface area contributed by atoms with Crippen molar-refractivity contribution in [2.75, 3.05) is 6.54 Å². The molecule has 0 saturated carbocycles. The summed E-state index contributed by atoms with van der Waals surface area (Å²) in [7, 11) is 0. The average Bonchev–Trinajstić information content (AvgIpc) is 3.15. The van der Waals surface area contributed by atoms with Gasteiger partial charge in [0, 0.05) is 23.6 Å². The van der Waals surface area contributed by atoms with Crippen molar-refractivity contribution in [3.63, 3.8) is 0 Å². The minimum Gasteiger partial charge on any atom is -0.467 e. The van der Waals surface area contributed by atoms with E-state index in [-0.39, 0.29) is 11.8 Å². The van der Waals surface area contributed by atoms with E-state index >= 15 is 0 Å². The number of benzene rings is 1. The van der Waals surface area contributed by atoms with Crippen LogP contribution in [-0.2, 0) is 13.0 Å². The number of nitrogens with one attached hydrogen (secondary N) is 3. The molecule has 0 aliphatic heterocycles. The zero-order valence-electron chi connectivity index (χ0n) is 11.9. The summed E-state index contributed by atoms with van der Waals surface area (Å²) in [6.45, 7) is 0.810. The second-order valence-corrected chi connectivity index (χ2v) is 4.94. The number of H-pyrrole nitrogens is 1. The molecule has 114 valence electrons. The Morgan fingerprint density at radius 3 is 3.00 bits per heavy atom. The Bertz CT molecular complexity index is 765. The third-order valence-corrected chi connectivity index (χ3v) is 3.41. The predicted molar refractivity (Wildman–Crippen MR) is 80.9 cm³/mol. The summed E-state index contributed by atoms with van der Waals surface area (Å²) in [4.78, 5) is 14.7. The molecule has 0 fully saturated rings. The molecule has 0 saturated heterocycles. The first kappa shape index (κ1) is 14.2. The first-order valence-electron chi connectivity index (χ1n) is 7.02. The maximum absolute atomic E-state index is 13.3. The van der Waals surface area contributed by atoms with Crippen molar-refractivity contribution >= 4 is 16.9 Å². The topological polar surface area (TPSA) is 70.1 Å². The predicted octanol–water partition coefficient (Wildman–Crippen LogP) is 2.94. The molecular weight excluding hydrogens is 285 g/mol. The molecule has 0 atom stereocenters. The van der Waals surface area contributed by atoms with Crippen molar-refractivity contribution in [2.45, 2.75) is 13.0 Å². The largest absolute Gasteiger partial charge is 0.467 e. The van der Waals surface area contributed by atoms with Crippen LogP contribution in [0.2, 0.25) is 0 Å². The molecule has 0 radical (unpaired) electrons. The van der Waals surface area contributed by atoms with Crippen molar-refractivity contribution in [1.29, 1.82) is 0 Å². The number of urea groups is 1. The molecule has 6 heteroatoms. The van der Waals surface area contributed by atoms with Crippen LogP contribution in [-0.4, -0.2) is 17.6 Å². The van der Waals surface area contributed by atoms with Crippen molar-refractivity contribution < 1.29 is 13.6 Å². The fourth-order valence-electron chi connectivity index (χ4n) is 2.31. The van der Waals surface area contributed by atoms with Gasteiger partial charge in [0.05, 0.1) is 12.8 Å². The van der Waals surface area contributed by atoms with Crippen LogP contribution in [0.15, 0.2) is 47.2 Å². The van der Waals surface area contributed by atoms with E-state index in [4.69, 9.17) is 4.42 Å². The third-order valence-electron chi connectivity index (χ3n) is 3.41. The van der Waals surface area contributed by atoms with Gasteiger partial charge in [0.2, 0.25) is 0 Å². The summed E-state index contributed by atoms with van der Waals surface area (Å²) in [5, 5.41) is 6.31. The standard InChI is InChI=1S/C16H16FN3O2/c17-12-3-4-15-14(8-12)11(9-19-15)5-6-18-16(21)20-10-13-2-1-7-22-13/h1-4,7-9,19H,5-6,10H2,(H2,18,20,21). The Morgan fingerprint density at radius 1 is 1.27 bits per heavy atom. The highest BCUT2D eigenvalue weighted by Crippen LogP contribution is 2.19. The lowest BCUT2D eigenvalue weighted by molar-refractivity contribution is 0.239. The second-order valence-electron chi connectivity index (χ2n) is 4.94. The van der Waals surface area contributed by atoms with E-state index in [0.717, 1.165) is 16.5 Å². The van der Waals surface area contributed by atoms with Gasteiger partial charge in [-0.3, -0.25) is 0 Å². The first-order chi connectivity index (χ1) is 10.7. The third kappa shape index (κ3) is 3.28. The minimum absolute atomic E-state index is 0.262. The lowest BCUT2D eigenvalue weighted by atomic mass is 10.1. The van der Waals surface area contributed by atoms with Crippen LogP contribution in [0.4, 0.5) is 9.18 Å². The van der Waals surface area contributed by atoms with Crippen LogP contribution in [0.25, 0.3) is 10.9 Å². The van der Waals surface area contributed by atoms with Gasteiger partial charge in [-0.1, -0.05) is 0 Å². The summed E-state index contributed by atoms with van der Waals surface area (Å²) in [5.74, 6) is 0.430. The Labute approximate surface area is 126 Å². The van der Waals surface area contributed by atoms with E-state index in [0.29, 0.717) is 25.3 Å². The number of fused-ring (bicyclic) bond motifs is 1. The Balaban J connectivity index is 1.49. The van der Waals surface area contributed by atoms with Gasteiger partial charge in [-0.25, -0.2) is 9.18 Å². The second kappa shape index (κ2) is 6.34. The van der Waals surface area contributed by atoms with Gasteiger partial charge in [0.15, 0.2) is 0 Å². The van der Waals surface area contributed by atoms with Gasteiger partial charge in [0.25, 0.3) is 0 Å². The smallest absolute Gasteiger partial charge is 0.315 e. The van der Waals surface area contributed by atoms with E-state index in [2.05, 4.69) is 15.6 Å². The molecule has 0 spiro atoms. The van der Waals surface area contributed by atoms with Crippen molar-refractivity contribution in [2.24, 2.45) is 0 Å². The Hall–Kier alpha value is -2.76. The van der Waals surface area contributed by atoms with Crippen LogP contribution < -0.4 is 10.6 Å². The van der Waals surface area contributed by atoms with Crippen LogP contribution >= 0.6 is 0 Å². The minimum atomic E-state index is -0.266. The fraction of sp³-hybridized carbons (Fsp3) is 0.188. The molecule has 3 aromatic rings. The summed E-state index contributed by atoms with van der Waals surface area (Å²) in [5.41, 5.74) is 1.86. The summed E-state index contributed by atoms with van der Waals surface area (Å²) < 4.78 is 18.4. The zero-order chi connectivity index (χ0) is 15.4. The Morgan fingerprint density at radius 2 is 2.18 bits per heavy atom. The molecule has 2 amide bonds. The lowest BCUT2D eigenvalue weighted by Crippen LogP contribution is -2.36. The average molecular weight is 301 g/mol. The quantitative estimate of drug-likeness (QED) is 0.678. The Kier molecular flexibility index (Phi) is 4.09. The van der Waals surface area contributed by atoms with Crippen LogP contribution in [0.5, 0.6) is 0 Å². The van der Waals surface area contributed by atoms with E-state index in [1.165, 1.54) is 12.1 Å². The molecule has 0 aliphatic carbocycles. The number of hydrogen-bond acceptors (Lipinski definition) is 2. The summed E-state index contributed by atoms with van der Waals surface area (Å²) >= 11 is 0. The van der Waals surface area contributed by atoms with Gasteiger partial charge in [-0.2, -0.15) is 0 Å². The zero-order valence-corrected chi connectivity index (χ0v) is 11.9. The van der Waals surface area contributed by atoms with Gasteiger partial charge in [0.1, 0.15) is 11.6 Å². The number of aromatic amines is 1. The fourth-order valence-corrected chi connectivity index (χ4v) is 2.31. The maximum atomic E-state index is 13.3. The highest BCUT2D eigenvalue weighted by atomic mass is 19.1. The molecule has 1 aromatic carbocycles. The molecule has 0 bridgehead atoms. The number of aromatic nitrogens is 1. The molecule has 0 unspecified atom stereocenters. The first-order valence-corrected chi connectivity index (χ1v) is 7.02. The maximum Gasteiger partial charge on any atom is 0.315 e. The number of furan rings is 1. The molecule has 3 rings (SSSR count). The normalized spacial score (nSPS) is 10.8. The molecule has 2 heterocycles. The highest BCUT2D eigenvalue weighted by Gasteiger charge is 2.06. The number of carbonyl (C=O) groups is 1. The number of rotatable bonds is 5. The highest BCUT2D eigenvalue weighted by molar-refractivity contribution is 5.83. The van der Waals surface area contributed by atoms with Crippen LogP contribution in [0, 0.1) is 5.82 Å². The van der Waals surface area contributed by atoms with Crippen molar-refractivity contribution in [3.8, 4) is 0 Å². The van der Waals surface area contributed by atoms with E-state index in [1.54, 1.807) is 24.5 Å². The van der Waals surface area contributed by atoms with E-state index < -0.39 is 0 Å². The number of carbonyl (C=O) groups excluding carboxylic acids is 1. The van der Waals surface area contributed by atoms with E-state index in [1.807, 2.05) is 6.20 Å². The SMILES string of the molecule is O=C(NCCc1c[nH]c2ccc(F)cc12)NCc1ccco1. The molecule has 5 nitrogen and oxygen atoms in total. The van der Waals surface area contributed by atoms with Crippen LogP contribution in [0.3, 0.4) is 0 Å². The monoisotopic (exact) mass is 301 g/mol. The van der Waals surface area contributed by atoms with Gasteiger partial charge < -0.3 is 20.0 Å². The number of amides is 2. The summed E-state index contributed by atoms with van der Waals surface area (Å²) in [6, 6.07) is 7.92. The van der Waals surface area contributed by atoms with Crippen molar-refractivity contribution in [3.05, 3.63) is 59.9 Å². The van der Waals surface area contributed by atoms with Gasteiger partial charge >= 0.3 is 6.03 Å². The van der Waals surface area contributed by atoms with E-state index in [9.17, 15) is 9.18 Å². The molecule has 2 aromatic heterocycles.